The van der Waals surface area contributed by atoms with Gasteiger partial charge in [0.05, 0.1) is 17.4 Å². The summed E-state index contributed by atoms with van der Waals surface area (Å²) in [6.45, 7) is 3.19. The van der Waals surface area contributed by atoms with Gasteiger partial charge in [-0.05, 0) is 31.5 Å². The van der Waals surface area contributed by atoms with Crippen LogP contribution in [-0.2, 0) is 19.5 Å². The Morgan fingerprint density at radius 2 is 2.27 bits per heavy atom. The van der Waals surface area contributed by atoms with Crippen molar-refractivity contribution in [2.45, 2.75) is 32.9 Å². The van der Waals surface area contributed by atoms with E-state index in [1.54, 1.807) is 4.57 Å². The number of nitrogens with zero attached hydrogens (tertiary/aromatic N) is 3. The van der Waals surface area contributed by atoms with Crippen LogP contribution in [0.15, 0.2) is 33.6 Å². The highest BCUT2D eigenvalue weighted by atomic mass is 16.5. The molecule has 0 fully saturated rings. The van der Waals surface area contributed by atoms with Gasteiger partial charge >= 0.3 is 0 Å². The van der Waals surface area contributed by atoms with Gasteiger partial charge in [-0.3, -0.25) is 9.36 Å². The largest absolute Gasteiger partial charge is 0.379 e. The fourth-order valence-corrected chi connectivity index (χ4v) is 2.89. The minimum atomic E-state index is 0.0541. The second-order valence-electron chi connectivity index (χ2n) is 5.60. The predicted octanol–water partition coefficient (Wildman–Crippen LogP) is 2.25. The first-order valence-corrected chi connectivity index (χ1v) is 7.40. The molecule has 6 heteroatoms. The summed E-state index contributed by atoms with van der Waals surface area (Å²) in [5.74, 6) is 1.68. The average molecular weight is 296 g/mol. The van der Waals surface area contributed by atoms with Gasteiger partial charge in [-0.25, -0.2) is 4.98 Å². The molecule has 112 valence electrons. The molecule has 0 unspecified atom stereocenters. The van der Waals surface area contributed by atoms with Gasteiger partial charge in [-0.15, -0.1) is 0 Å². The lowest BCUT2D eigenvalue weighted by Crippen LogP contribution is -2.21. The lowest BCUT2D eigenvalue weighted by Gasteiger charge is -2.08. The molecule has 1 aliphatic rings. The number of nitrogens with one attached hydrogen (secondary N) is 1. The predicted molar refractivity (Wildman–Crippen MR) is 82.9 cm³/mol. The highest BCUT2D eigenvalue weighted by Gasteiger charge is 2.16. The monoisotopic (exact) mass is 296 g/mol. The second kappa shape index (κ2) is 4.98. The minimum Gasteiger partial charge on any atom is -0.379 e. The number of hydrogen-bond donors (Lipinski definition) is 1. The van der Waals surface area contributed by atoms with E-state index in [0.717, 1.165) is 47.9 Å². The Morgan fingerprint density at radius 3 is 3.09 bits per heavy atom. The van der Waals surface area contributed by atoms with Crippen LogP contribution in [0.2, 0.25) is 0 Å². The van der Waals surface area contributed by atoms with Crippen LogP contribution >= 0.6 is 0 Å². The summed E-state index contributed by atoms with van der Waals surface area (Å²) in [6, 6.07) is 7.58. The molecule has 0 radical (unpaired) electrons. The van der Waals surface area contributed by atoms with Gasteiger partial charge in [0.25, 0.3) is 5.56 Å². The SMILES string of the molecule is Cc1cc(CNc2ccc3nc4n(c(=O)c3c2)CCC4)no1. The molecule has 3 aromatic rings. The molecule has 0 saturated heterocycles. The van der Waals surface area contributed by atoms with Crippen molar-refractivity contribution in [3.63, 3.8) is 0 Å². The fourth-order valence-electron chi connectivity index (χ4n) is 2.89. The van der Waals surface area contributed by atoms with Crippen molar-refractivity contribution < 1.29 is 4.52 Å². The number of rotatable bonds is 3. The smallest absolute Gasteiger partial charge is 0.261 e. The van der Waals surface area contributed by atoms with Gasteiger partial charge in [-0.2, -0.15) is 0 Å². The standard InChI is InChI=1S/C16H16N4O2/c1-10-7-12(19-22-10)9-17-11-4-5-14-13(8-11)16(21)20-6-2-3-15(20)18-14/h4-5,7-8,17H,2-3,6,9H2,1H3. The quantitative estimate of drug-likeness (QED) is 0.802. The molecule has 4 rings (SSSR count). The molecule has 0 spiro atoms. The first-order chi connectivity index (χ1) is 10.7. The van der Waals surface area contributed by atoms with Crippen molar-refractivity contribution >= 4 is 16.6 Å². The molecule has 2 aromatic heterocycles. The molecule has 1 N–H and O–H groups in total. The zero-order chi connectivity index (χ0) is 15.1. The molecule has 0 bridgehead atoms. The zero-order valence-electron chi connectivity index (χ0n) is 12.3. The van der Waals surface area contributed by atoms with Gasteiger partial charge in [0, 0.05) is 24.7 Å². The lowest BCUT2D eigenvalue weighted by molar-refractivity contribution is 0.391. The van der Waals surface area contributed by atoms with Crippen molar-refractivity contribution in [2.75, 3.05) is 5.32 Å². The molecule has 0 atom stereocenters. The summed E-state index contributed by atoms with van der Waals surface area (Å²) in [7, 11) is 0. The minimum absolute atomic E-state index is 0.0541. The Bertz CT molecular complexity index is 910. The third-order valence-electron chi connectivity index (χ3n) is 3.97. The molecule has 0 aliphatic carbocycles. The van der Waals surface area contributed by atoms with E-state index in [0.29, 0.717) is 11.9 Å². The van der Waals surface area contributed by atoms with E-state index >= 15 is 0 Å². The maximum absolute atomic E-state index is 12.5. The number of aromatic nitrogens is 3. The maximum Gasteiger partial charge on any atom is 0.261 e. The van der Waals surface area contributed by atoms with Gasteiger partial charge in [0.15, 0.2) is 0 Å². The molecule has 6 nitrogen and oxygen atoms in total. The Labute approximate surface area is 126 Å². The summed E-state index contributed by atoms with van der Waals surface area (Å²) >= 11 is 0. The van der Waals surface area contributed by atoms with E-state index in [-0.39, 0.29) is 5.56 Å². The van der Waals surface area contributed by atoms with E-state index in [4.69, 9.17) is 4.52 Å². The number of benzene rings is 1. The van der Waals surface area contributed by atoms with Crippen molar-refractivity contribution in [3.8, 4) is 0 Å². The van der Waals surface area contributed by atoms with E-state index in [1.165, 1.54) is 0 Å². The molecule has 0 saturated carbocycles. The topological polar surface area (TPSA) is 73.0 Å². The van der Waals surface area contributed by atoms with Crippen LogP contribution in [0.1, 0.15) is 23.7 Å². The lowest BCUT2D eigenvalue weighted by atomic mass is 10.2. The third kappa shape index (κ3) is 2.16. The fraction of sp³-hybridized carbons (Fsp3) is 0.312. The van der Waals surface area contributed by atoms with E-state index in [2.05, 4.69) is 15.5 Å². The maximum atomic E-state index is 12.5. The second-order valence-corrected chi connectivity index (χ2v) is 5.60. The number of anilines is 1. The normalized spacial score (nSPS) is 13.5. The molecule has 0 amide bonds. The summed E-state index contributed by atoms with van der Waals surface area (Å²) in [6.07, 6.45) is 1.88. The van der Waals surface area contributed by atoms with E-state index in [1.807, 2.05) is 31.2 Å². The first-order valence-electron chi connectivity index (χ1n) is 7.40. The van der Waals surface area contributed by atoms with Crippen LogP contribution in [0, 0.1) is 6.92 Å². The summed E-state index contributed by atoms with van der Waals surface area (Å²) in [5.41, 5.74) is 2.53. The molecular formula is C16H16N4O2. The summed E-state index contributed by atoms with van der Waals surface area (Å²) in [5, 5.41) is 7.86. The summed E-state index contributed by atoms with van der Waals surface area (Å²) < 4.78 is 6.82. The van der Waals surface area contributed by atoms with E-state index < -0.39 is 0 Å². The highest BCUT2D eigenvalue weighted by molar-refractivity contribution is 5.81. The zero-order valence-corrected chi connectivity index (χ0v) is 12.3. The van der Waals surface area contributed by atoms with Gasteiger partial charge < -0.3 is 9.84 Å². The van der Waals surface area contributed by atoms with E-state index in [9.17, 15) is 4.79 Å². The summed E-state index contributed by atoms with van der Waals surface area (Å²) in [4.78, 5) is 17.1. The highest BCUT2D eigenvalue weighted by Crippen LogP contribution is 2.19. The van der Waals surface area contributed by atoms with Crippen LogP contribution < -0.4 is 10.9 Å². The Kier molecular flexibility index (Phi) is 2.96. The molecular weight excluding hydrogens is 280 g/mol. The average Bonchev–Trinajstić information content (AvgIpc) is 3.14. The third-order valence-corrected chi connectivity index (χ3v) is 3.97. The van der Waals surface area contributed by atoms with Crippen molar-refractivity contribution in [2.24, 2.45) is 0 Å². The van der Waals surface area contributed by atoms with Crippen LogP contribution in [0.4, 0.5) is 5.69 Å². The van der Waals surface area contributed by atoms with Crippen molar-refractivity contribution in [3.05, 3.63) is 51.9 Å². The molecule has 1 aliphatic heterocycles. The van der Waals surface area contributed by atoms with Crippen molar-refractivity contribution in [1.29, 1.82) is 0 Å². The van der Waals surface area contributed by atoms with Crippen LogP contribution in [-0.4, -0.2) is 14.7 Å². The Morgan fingerprint density at radius 1 is 1.36 bits per heavy atom. The number of aryl methyl sites for hydroxylation is 2. The first kappa shape index (κ1) is 13.1. The van der Waals surface area contributed by atoms with Crippen LogP contribution in [0.3, 0.4) is 0 Å². The van der Waals surface area contributed by atoms with Gasteiger partial charge in [-0.1, -0.05) is 5.16 Å². The van der Waals surface area contributed by atoms with Gasteiger partial charge in [0.2, 0.25) is 0 Å². The molecule has 3 heterocycles. The van der Waals surface area contributed by atoms with Crippen molar-refractivity contribution in [1.82, 2.24) is 14.7 Å². The number of hydrogen-bond acceptors (Lipinski definition) is 5. The van der Waals surface area contributed by atoms with Crippen LogP contribution in [0.5, 0.6) is 0 Å². The van der Waals surface area contributed by atoms with Crippen LogP contribution in [0.25, 0.3) is 10.9 Å². The molecule has 22 heavy (non-hydrogen) atoms. The van der Waals surface area contributed by atoms with Gasteiger partial charge in [0.1, 0.15) is 17.3 Å². The Hall–Kier alpha value is -2.63. The number of fused-ring (bicyclic) bond motifs is 2. The Balaban J connectivity index is 1.67. The molecule has 1 aromatic carbocycles.